The first-order chi connectivity index (χ1) is 9.65. The highest BCUT2D eigenvalue weighted by atomic mass is 19.1. The van der Waals surface area contributed by atoms with Crippen LogP contribution >= 0.6 is 0 Å². The lowest BCUT2D eigenvalue weighted by Crippen LogP contribution is -2.23. The van der Waals surface area contributed by atoms with E-state index in [0.29, 0.717) is 25.4 Å². The lowest BCUT2D eigenvalue weighted by Gasteiger charge is -2.13. The van der Waals surface area contributed by atoms with Gasteiger partial charge in [-0.2, -0.15) is 0 Å². The van der Waals surface area contributed by atoms with Gasteiger partial charge >= 0.3 is 0 Å². The van der Waals surface area contributed by atoms with Crippen molar-refractivity contribution in [1.82, 2.24) is 5.48 Å². The van der Waals surface area contributed by atoms with Gasteiger partial charge < -0.3 is 4.74 Å². The van der Waals surface area contributed by atoms with Crippen LogP contribution in [-0.2, 0) is 4.84 Å². The molecule has 0 amide bonds. The van der Waals surface area contributed by atoms with E-state index in [0.717, 1.165) is 6.42 Å². The summed E-state index contributed by atoms with van der Waals surface area (Å²) in [7, 11) is 1.37. The Morgan fingerprint density at radius 1 is 1.35 bits per heavy atom. The highest BCUT2D eigenvalue weighted by Crippen LogP contribution is 2.31. The predicted octanol–water partition coefficient (Wildman–Crippen LogP) is 2.79. The fraction of sp³-hybridized carbons (Fsp3) is 0.500. The van der Waals surface area contributed by atoms with Gasteiger partial charge in [-0.25, -0.2) is 8.78 Å². The third-order valence-electron chi connectivity index (χ3n) is 3.13. The summed E-state index contributed by atoms with van der Waals surface area (Å²) in [4.78, 5) is 9.37. The largest absolute Gasteiger partial charge is 0.497 e. The number of halogens is 2. The third-order valence-corrected chi connectivity index (χ3v) is 3.13. The zero-order valence-corrected chi connectivity index (χ0v) is 11.6. The smallest absolute Gasteiger partial charge is 0.133 e. The van der Waals surface area contributed by atoms with E-state index >= 15 is 0 Å². The van der Waals surface area contributed by atoms with Crippen molar-refractivity contribution in [3.63, 3.8) is 0 Å². The molecule has 1 N–H and O–H groups in total. The first-order valence-electron chi connectivity index (χ1n) is 6.59. The Balaban J connectivity index is 2.04. The van der Waals surface area contributed by atoms with E-state index in [9.17, 15) is 8.78 Å². The molecule has 0 fully saturated rings. The summed E-state index contributed by atoms with van der Waals surface area (Å²) < 4.78 is 32.8. The summed E-state index contributed by atoms with van der Waals surface area (Å²) in [6.45, 7) is 2.90. The first-order valence-corrected chi connectivity index (χ1v) is 6.59. The van der Waals surface area contributed by atoms with Crippen molar-refractivity contribution in [3.05, 3.63) is 29.3 Å². The highest BCUT2D eigenvalue weighted by Gasteiger charge is 2.27. The summed E-state index contributed by atoms with van der Waals surface area (Å²) in [5, 5.41) is 0. The van der Waals surface area contributed by atoms with Crippen molar-refractivity contribution >= 4 is 5.84 Å². The Morgan fingerprint density at radius 2 is 2.05 bits per heavy atom. The Hall–Kier alpha value is -1.69. The molecule has 0 spiro atoms. The number of hydroxylamine groups is 1. The van der Waals surface area contributed by atoms with Gasteiger partial charge in [-0.05, 0) is 6.42 Å². The van der Waals surface area contributed by atoms with Gasteiger partial charge in [-0.15, -0.1) is 0 Å². The molecule has 6 heteroatoms. The second-order valence-electron chi connectivity index (χ2n) is 4.64. The van der Waals surface area contributed by atoms with Crippen LogP contribution in [0.3, 0.4) is 0 Å². The van der Waals surface area contributed by atoms with Crippen molar-refractivity contribution in [1.29, 1.82) is 0 Å². The van der Waals surface area contributed by atoms with Crippen LogP contribution in [0.5, 0.6) is 5.75 Å². The molecule has 0 bridgehead atoms. The fourth-order valence-electron chi connectivity index (χ4n) is 2.16. The molecule has 4 nitrogen and oxygen atoms in total. The number of methoxy groups -OCH3 is 1. The molecule has 0 aliphatic carbocycles. The van der Waals surface area contributed by atoms with Crippen LogP contribution < -0.4 is 10.2 Å². The number of hydrogen-bond acceptors (Lipinski definition) is 4. The molecule has 0 saturated carbocycles. The Labute approximate surface area is 116 Å². The zero-order valence-electron chi connectivity index (χ0n) is 11.6. The second kappa shape index (κ2) is 6.65. The zero-order chi connectivity index (χ0) is 14.5. The predicted molar refractivity (Wildman–Crippen MR) is 71.9 cm³/mol. The first kappa shape index (κ1) is 14.7. The molecule has 20 heavy (non-hydrogen) atoms. The van der Waals surface area contributed by atoms with Crippen LogP contribution in [0.4, 0.5) is 8.78 Å². The van der Waals surface area contributed by atoms with E-state index in [-0.39, 0.29) is 17.2 Å². The number of ether oxygens (including phenoxy) is 1. The van der Waals surface area contributed by atoms with Gasteiger partial charge in [0.25, 0.3) is 0 Å². The molecule has 2 rings (SSSR count). The summed E-state index contributed by atoms with van der Waals surface area (Å²) in [5.74, 6) is -0.713. The number of hydrogen-bond donors (Lipinski definition) is 1. The summed E-state index contributed by atoms with van der Waals surface area (Å²) >= 11 is 0. The van der Waals surface area contributed by atoms with Crippen molar-refractivity contribution in [2.75, 3.05) is 20.3 Å². The molecular weight excluding hydrogens is 266 g/mol. The van der Waals surface area contributed by atoms with Gasteiger partial charge in [0.15, 0.2) is 0 Å². The maximum atomic E-state index is 14.0. The van der Waals surface area contributed by atoms with Crippen molar-refractivity contribution in [2.24, 2.45) is 4.99 Å². The van der Waals surface area contributed by atoms with E-state index in [1.807, 2.05) is 6.92 Å². The average molecular weight is 284 g/mol. The summed E-state index contributed by atoms with van der Waals surface area (Å²) in [5.41, 5.74) is 2.78. The normalized spacial score (nSPS) is 18.0. The van der Waals surface area contributed by atoms with Crippen LogP contribution in [0.15, 0.2) is 17.1 Å². The van der Waals surface area contributed by atoms with Crippen LogP contribution in [-0.4, -0.2) is 26.1 Å². The van der Waals surface area contributed by atoms with Gasteiger partial charge in [0, 0.05) is 36.6 Å². The number of nitrogens with one attached hydrogen (secondary N) is 1. The van der Waals surface area contributed by atoms with Crippen molar-refractivity contribution < 1.29 is 18.4 Å². The Kier molecular flexibility index (Phi) is 4.89. The van der Waals surface area contributed by atoms with Crippen LogP contribution in [0, 0.1) is 11.6 Å². The fourth-order valence-corrected chi connectivity index (χ4v) is 2.16. The van der Waals surface area contributed by atoms with Crippen LogP contribution in [0.1, 0.15) is 31.2 Å². The van der Waals surface area contributed by atoms with E-state index in [1.165, 1.54) is 19.2 Å². The van der Waals surface area contributed by atoms with Crippen molar-refractivity contribution in [3.8, 4) is 5.75 Å². The molecule has 1 aromatic rings. The molecule has 1 aliphatic rings. The van der Waals surface area contributed by atoms with Crippen LogP contribution in [0.25, 0.3) is 0 Å². The minimum atomic E-state index is -0.599. The number of amidine groups is 1. The molecule has 1 aliphatic heterocycles. The molecule has 110 valence electrons. The van der Waals surface area contributed by atoms with Crippen LogP contribution in [0.2, 0.25) is 0 Å². The van der Waals surface area contributed by atoms with Gasteiger partial charge in [0.1, 0.15) is 23.2 Å². The number of rotatable bonds is 5. The Morgan fingerprint density at radius 3 is 2.65 bits per heavy atom. The summed E-state index contributed by atoms with van der Waals surface area (Å²) in [6.07, 6.45) is 1.31. The van der Waals surface area contributed by atoms with E-state index in [1.54, 1.807) is 0 Å². The van der Waals surface area contributed by atoms with Gasteiger partial charge in [0.2, 0.25) is 0 Å². The minimum Gasteiger partial charge on any atom is -0.497 e. The average Bonchev–Trinajstić information content (AvgIpc) is 2.86. The summed E-state index contributed by atoms with van der Waals surface area (Å²) in [6, 6.07) is 2.38. The monoisotopic (exact) mass is 284 g/mol. The Bertz CT molecular complexity index is 483. The molecular formula is C14H18F2N2O2. The molecule has 1 aromatic carbocycles. The van der Waals surface area contributed by atoms with Gasteiger partial charge in [-0.3, -0.25) is 15.3 Å². The number of nitrogens with zero attached hydrogens (tertiary/aromatic N) is 1. The van der Waals surface area contributed by atoms with E-state index in [2.05, 4.69) is 10.5 Å². The van der Waals surface area contributed by atoms with Gasteiger partial charge in [0.05, 0.1) is 13.7 Å². The molecule has 0 saturated heterocycles. The quantitative estimate of drug-likeness (QED) is 0.668. The third kappa shape index (κ3) is 3.25. The maximum absolute atomic E-state index is 14.0. The minimum absolute atomic E-state index is 0.0573. The van der Waals surface area contributed by atoms with E-state index < -0.39 is 11.6 Å². The standard InChI is InChI=1S/C14H18F2N2O2/c1-3-4-20-18-13-5-9(8-17-13)14-11(15)6-10(19-2)7-12(14)16/h6-7,9H,3-5,8H2,1-2H3,(H,17,18). The lowest BCUT2D eigenvalue weighted by atomic mass is 9.96. The van der Waals surface area contributed by atoms with E-state index in [4.69, 9.17) is 9.57 Å². The molecule has 1 unspecified atom stereocenters. The molecule has 1 heterocycles. The topological polar surface area (TPSA) is 42.8 Å². The van der Waals surface area contributed by atoms with Crippen molar-refractivity contribution in [2.45, 2.75) is 25.7 Å². The lowest BCUT2D eigenvalue weighted by molar-refractivity contribution is 0.0845. The second-order valence-corrected chi connectivity index (χ2v) is 4.64. The molecule has 1 atom stereocenters. The highest BCUT2D eigenvalue weighted by molar-refractivity contribution is 5.83. The number of aliphatic imine (C=N–C) groups is 1. The SMILES string of the molecule is CCCONC1=NCC(c2c(F)cc(OC)cc2F)C1. The molecule has 0 aromatic heterocycles. The number of benzene rings is 1. The van der Waals surface area contributed by atoms with Gasteiger partial charge in [-0.1, -0.05) is 6.92 Å². The molecule has 0 radical (unpaired) electrons. The maximum Gasteiger partial charge on any atom is 0.133 e.